The fourth-order valence-electron chi connectivity index (χ4n) is 1.27. The highest BCUT2D eigenvalue weighted by atomic mass is 32.2. The summed E-state index contributed by atoms with van der Waals surface area (Å²) in [7, 11) is -3.42. The van der Waals surface area contributed by atoms with Crippen molar-refractivity contribution in [3.8, 4) is 0 Å². The van der Waals surface area contributed by atoms with Crippen LogP contribution in [0.25, 0.3) is 11.0 Å². The van der Waals surface area contributed by atoms with Crippen LogP contribution in [0.3, 0.4) is 0 Å². The van der Waals surface area contributed by atoms with E-state index in [0.717, 1.165) is 6.26 Å². The van der Waals surface area contributed by atoms with Crippen LogP contribution in [0.5, 0.6) is 0 Å². The zero-order valence-corrected chi connectivity index (χ0v) is 8.82. The second-order valence-corrected chi connectivity index (χ2v) is 5.11. The lowest BCUT2D eigenvalue weighted by molar-refractivity contribution is 0.599. The highest BCUT2D eigenvalue weighted by Gasteiger charge is 2.15. The van der Waals surface area contributed by atoms with Gasteiger partial charge in [0.1, 0.15) is 0 Å². The number of hydrogen-bond acceptors (Lipinski definition) is 5. The van der Waals surface area contributed by atoms with Crippen LogP contribution in [-0.4, -0.2) is 24.6 Å². The second kappa shape index (κ2) is 3.16. The summed E-state index contributed by atoms with van der Waals surface area (Å²) in [6.45, 7) is 0. The number of nitrogens with zero attached hydrogens (tertiary/aromatic N) is 2. The summed E-state index contributed by atoms with van der Waals surface area (Å²) in [4.78, 5) is 7.95. The molecule has 15 heavy (non-hydrogen) atoms. The molecule has 1 heterocycles. The smallest absolute Gasteiger partial charge is 0.198 e. The van der Waals surface area contributed by atoms with E-state index in [0.29, 0.717) is 11.0 Å². The molecule has 0 bridgehead atoms. The van der Waals surface area contributed by atoms with Gasteiger partial charge in [0.2, 0.25) is 0 Å². The standard InChI is InChI=1S/C9H9N3O2S/c1-15(13,14)9-8(10)11-6-4-2-3-5-7(6)12-9/h2-5H,1H3,(H2,10,11). The SMILES string of the molecule is CS(=O)(=O)c1nc2ccccc2nc1N. The Morgan fingerprint density at radius 2 is 1.67 bits per heavy atom. The van der Waals surface area contributed by atoms with Gasteiger partial charge in [-0.2, -0.15) is 0 Å². The van der Waals surface area contributed by atoms with Gasteiger partial charge in [0.25, 0.3) is 0 Å². The van der Waals surface area contributed by atoms with E-state index >= 15 is 0 Å². The normalized spacial score (nSPS) is 11.8. The van der Waals surface area contributed by atoms with E-state index in [1.165, 1.54) is 0 Å². The summed E-state index contributed by atoms with van der Waals surface area (Å²) in [6.07, 6.45) is 1.06. The van der Waals surface area contributed by atoms with Crippen LogP contribution in [0.1, 0.15) is 0 Å². The molecule has 0 amide bonds. The van der Waals surface area contributed by atoms with Gasteiger partial charge in [-0.05, 0) is 12.1 Å². The Hall–Kier alpha value is -1.69. The fourth-order valence-corrected chi connectivity index (χ4v) is 1.96. The molecule has 0 saturated heterocycles. The molecule has 2 N–H and O–H groups in total. The summed E-state index contributed by atoms with van der Waals surface area (Å²) in [5.74, 6) is -0.0591. The number of nitrogens with two attached hydrogens (primary N) is 1. The van der Waals surface area contributed by atoms with Gasteiger partial charge in [-0.3, -0.25) is 0 Å². The third-order valence-corrected chi connectivity index (χ3v) is 2.92. The number of rotatable bonds is 1. The number of aromatic nitrogens is 2. The maximum Gasteiger partial charge on any atom is 0.198 e. The molecule has 0 atom stereocenters. The lowest BCUT2D eigenvalue weighted by Gasteiger charge is -2.03. The van der Waals surface area contributed by atoms with Crippen molar-refractivity contribution in [2.75, 3.05) is 12.0 Å². The molecular weight excluding hydrogens is 214 g/mol. The molecule has 0 radical (unpaired) electrons. The van der Waals surface area contributed by atoms with Crippen molar-refractivity contribution < 1.29 is 8.42 Å². The van der Waals surface area contributed by atoms with Gasteiger partial charge in [0.15, 0.2) is 20.7 Å². The molecule has 0 aliphatic heterocycles. The number of benzene rings is 1. The van der Waals surface area contributed by atoms with Crippen molar-refractivity contribution in [3.63, 3.8) is 0 Å². The molecule has 0 unspecified atom stereocenters. The zero-order valence-electron chi connectivity index (χ0n) is 8.01. The third-order valence-electron chi connectivity index (χ3n) is 1.91. The first-order valence-corrected chi connectivity index (χ1v) is 6.10. The molecule has 6 heteroatoms. The molecule has 78 valence electrons. The van der Waals surface area contributed by atoms with Crippen LogP contribution in [-0.2, 0) is 9.84 Å². The molecule has 1 aromatic carbocycles. The fraction of sp³-hybridized carbons (Fsp3) is 0.111. The van der Waals surface area contributed by atoms with Crippen LogP contribution >= 0.6 is 0 Å². The van der Waals surface area contributed by atoms with Gasteiger partial charge in [-0.25, -0.2) is 18.4 Å². The highest BCUT2D eigenvalue weighted by molar-refractivity contribution is 7.90. The zero-order chi connectivity index (χ0) is 11.1. The van der Waals surface area contributed by atoms with E-state index < -0.39 is 9.84 Å². The molecule has 2 aromatic rings. The summed E-state index contributed by atoms with van der Waals surface area (Å²) in [5, 5.41) is -0.166. The van der Waals surface area contributed by atoms with Gasteiger partial charge in [0, 0.05) is 6.26 Å². The minimum atomic E-state index is -3.42. The van der Waals surface area contributed by atoms with Crippen molar-refractivity contribution in [2.45, 2.75) is 5.03 Å². The summed E-state index contributed by atoms with van der Waals surface area (Å²) < 4.78 is 22.6. The first-order valence-electron chi connectivity index (χ1n) is 4.21. The summed E-state index contributed by atoms with van der Waals surface area (Å²) in [6, 6.07) is 6.97. The molecule has 0 saturated carbocycles. The number of para-hydroxylation sites is 2. The molecule has 0 spiro atoms. The predicted molar refractivity (Wildman–Crippen MR) is 57.1 cm³/mol. The molecule has 0 aliphatic carbocycles. The van der Waals surface area contributed by atoms with E-state index in [9.17, 15) is 8.42 Å². The van der Waals surface area contributed by atoms with E-state index in [4.69, 9.17) is 5.73 Å². The van der Waals surface area contributed by atoms with Gasteiger partial charge in [0.05, 0.1) is 11.0 Å². The Kier molecular flexibility index (Phi) is 2.08. The largest absolute Gasteiger partial charge is 0.381 e. The van der Waals surface area contributed by atoms with Crippen LogP contribution in [0.2, 0.25) is 0 Å². The monoisotopic (exact) mass is 223 g/mol. The average molecular weight is 223 g/mol. The Balaban J connectivity index is 2.84. The van der Waals surface area contributed by atoms with Crippen molar-refractivity contribution >= 4 is 26.7 Å². The number of nitrogen functional groups attached to an aromatic ring is 1. The lowest BCUT2D eigenvalue weighted by atomic mass is 10.3. The average Bonchev–Trinajstić information content (AvgIpc) is 2.15. The minimum absolute atomic E-state index is 0.0591. The number of fused-ring (bicyclic) bond motifs is 1. The Morgan fingerprint density at radius 3 is 2.20 bits per heavy atom. The maximum atomic E-state index is 11.3. The highest BCUT2D eigenvalue weighted by Crippen LogP contribution is 2.17. The quantitative estimate of drug-likeness (QED) is 0.765. The maximum absolute atomic E-state index is 11.3. The number of sulfone groups is 1. The predicted octanol–water partition coefficient (Wildman–Crippen LogP) is 0.616. The van der Waals surface area contributed by atoms with E-state index in [2.05, 4.69) is 9.97 Å². The molecule has 1 aromatic heterocycles. The number of anilines is 1. The van der Waals surface area contributed by atoms with Gasteiger partial charge in [-0.15, -0.1) is 0 Å². The first kappa shape index (κ1) is 9.85. The second-order valence-electron chi connectivity index (χ2n) is 3.17. The topological polar surface area (TPSA) is 85.9 Å². The van der Waals surface area contributed by atoms with E-state index in [1.54, 1.807) is 24.3 Å². The van der Waals surface area contributed by atoms with E-state index in [1.807, 2.05) is 0 Å². The molecule has 5 nitrogen and oxygen atoms in total. The van der Waals surface area contributed by atoms with Crippen LogP contribution in [0, 0.1) is 0 Å². The lowest BCUT2D eigenvalue weighted by Crippen LogP contribution is -2.07. The van der Waals surface area contributed by atoms with Crippen LogP contribution in [0.4, 0.5) is 5.82 Å². The third kappa shape index (κ3) is 1.75. The Morgan fingerprint density at radius 1 is 1.13 bits per heavy atom. The van der Waals surface area contributed by atoms with E-state index in [-0.39, 0.29) is 10.8 Å². The van der Waals surface area contributed by atoms with Crippen molar-refractivity contribution in [3.05, 3.63) is 24.3 Å². The minimum Gasteiger partial charge on any atom is -0.381 e. The molecule has 2 rings (SSSR count). The van der Waals surface area contributed by atoms with Gasteiger partial charge >= 0.3 is 0 Å². The van der Waals surface area contributed by atoms with Crippen molar-refractivity contribution in [1.82, 2.24) is 9.97 Å². The molecule has 0 aliphatic rings. The van der Waals surface area contributed by atoms with Crippen LogP contribution in [0.15, 0.2) is 29.3 Å². The summed E-state index contributed by atoms with van der Waals surface area (Å²) in [5.41, 5.74) is 6.63. The Bertz CT molecular complexity index is 622. The first-order chi connectivity index (χ1) is 6.98. The Labute approximate surface area is 86.9 Å². The number of hydrogen-bond donors (Lipinski definition) is 1. The van der Waals surface area contributed by atoms with Crippen LogP contribution < -0.4 is 5.73 Å². The molecular formula is C9H9N3O2S. The van der Waals surface area contributed by atoms with Gasteiger partial charge in [-0.1, -0.05) is 12.1 Å². The van der Waals surface area contributed by atoms with Gasteiger partial charge < -0.3 is 5.73 Å². The van der Waals surface area contributed by atoms with Crippen molar-refractivity contribution in [2.24, 2.45) is 0 Å². The summed E-state index contributed by atoms with van der Waals surface area (Å²) >= 11 is 0. The van der Waals surface area contributed by atoms with Crippen molar-refractivity contribution in [1.29, 1.82) is 0 Å². The molecule has 0 fully saturated rings.